The summed E-state index contributed by atoms with van der Waals surface area (Å²) in [6.07, 6.45) is 3.44. The number of ether oxygens (including phenoxy) is 1. The summed E-state index contributed by atoms with van der Waals surface area (Å²) in [6, 6.07) is 5.43. The van der Waals surface area contributed by atoms with Crippen LogP contribution in [-0.2, 0) is 11.3 Å². The Labute approximate surface area is 217 Å². The number of benzene rings is 1. The van der Waals surface area contributed by atoms with Crippen molar-refractivity contribution in [1.82, 2.24) is 30.3 Å². The third-order valence-corrected chi connectivity index (χ3v) is 6.57. The first-order chi connectivity index (χ1) is 17.4. The number of aromatic nitrogens is 5. The predicted molar refractivity (Wildman–Crippen MR) is 141 cm³/mol. The zero-order chi connectivity index (χ0) is 25.7. The van der Waals surface area contributed by atoms with Gasteiger partial charge in [-0.05, 0) is 38.7 Å². The Kier molecular flexibility index (Phi) is 8.31. The summed E-state index contributed by atoms with van der Waals surface area (Å²) in [4.78, 5) is 20.6. The number of aliphatic hydroxyl groups excluding tert-OH is 1. The number of nitrogens with one attached hydrogen (secondary N) is 2. The van der Waals surface area contributed by atoms with Gasteiger partial charge >= 0.3 is 6.09 Å². The molecule has 3 heterocycles. The van der Waals surface area contributed by atoms with Crippen LogP contribution in [0.5, 0.6) is 0 Å². The summed E-state index contributed by atoms with van der Waals surface area (Å²) in [6.45, 7) is 3.02. The number of amides is 1. The Bertz CT molecular complexity index is 1340. The molecule has 4 aromatic rings. The van der Waals surface area contributed by atoms with Crippen LogP contribution in [0.3, 0.4) is 0 Å². The quantitative estimate of drug-likeness (QED) is 0.275. The van der Waals surface area contributed by atoms with Crippen molar-refractivity contribution >= 4 is 56.6 Å². The monoisotopic (exact) mass is 530 g/mol. The molecule has 0 aliphatic rings. The van der Waals surface area contributed by atoms with Gasteiger partial charge in [-0.2, -0.15) is 5.10 Å². The van der Waals surface area contributed by atoms with Crippen LogP contribution in [0.1, 0.15) is 18.9 Å². The zero-order valence-corrected chi connectivity index (χ0v) is 21.7. The summed E-state index contributed by atoms with van der Waals surface area (Å²) in [5, 5.41) is 31.0. The lowest BCUT2D eigenvalue weighted by Gasteiger charge is -2.23. The van der Waals surface area contributed by atoms with Crippen LogP contribution in [-0.4, -0.2) is 75.3 Å². The maximum atomic E-state index is 12.8. The molecule has 0 saturated heterocycles. The molecule has 13 heteroatoms. The first-order valence-corrected chi connectivity index (χ1v) is 12.5. The van der Waals surface area contributed by atoms with Crippen LogP contribution < -0.4 is 10.2 Å². The number of carbonyl (C=O) groups excluding carboxylic acids is 1. The lowest BCUT2D eigenvalue weighted by atomic mass is 10.1. The van der Waals surface area contributed by atoms with Gasteiger partial charge in [-0.25, -0.2) is 9.78 Å². The van der Waals surface area contributed by atoms with Gasteiger partial charge in [0, 0.05) is 35.8 Å². The fourth-order valence-electron chi connectivity index (χ4n) is 3.39. The Morgan fingerprint density at radius 3 is 2.83 bits per heavy atom. The van der Waals surface area contributed by atoms with Gasteiger partial charge in [-0.1, -0.05) is 29.9 Å². The lowest BCUT2D eigenvalue weighted by Crippen LogP contribution is -2.38. The Morgan fingerprint density at radius 2 is 2.08 bits per heavy atom. The van der Waals surface area contributed by atoms with Gasteiger partial charge in [0.05, 0.1) is 35.6 Å². The molecular formula is C23H27ClN8O3S. The maximum absolute atomic E-state index is 12.8. The highest BCUT2D eigenvalue weighted by molar-refractivity contribution is 7.18. The number of likely N-dealkylation sites (N-methyl/N-ethyl adjacent to an activating group) is 1. The van der Waals surface area contributed by atoms with E-state index in [9.17, 15) is 9.90 Å². The van der Waals surface area contributed by atoms with E-state index in [0.29, 0.717) is 63.9 Å². The molecule has 3 N–H and O–H groups in total. The maximum Gasteiger partial charge on any atom is 0.415 e. The lowest BCUT2D eigenvalue weighted by molar-refractivity contribution is 0.153. The van der Waals surface area contributed by atoms with Gasteiger partial charge in [0.2, 0.25) is 5.13 Å². The van der Waals surface area contributed by atoms with E-state index in [0.717, 1.165) is 10.9 Å². The summed E-state index contributed by atoms with van der Waals surface area (Å²) in [7, 11) is 3.85. The van der Waals surface area contributed by atoms with Gasteiger partial charge in [-0.15, -0.1) is 10.2 Å². The van der Waals surface area contributed by atoms with Gasteiger partial charge in [-0.3, -0.25) is 10.00 Å². The summed E-state index contributed by atoms with van der Waals surface area (Å²) < 4.78 is 5.37. The molecule has 11 nitrogen and oxygen atoms in total. The molecule has 0 atom stereocenters. The fourth-order valence-corrected chi connectivity index (χ4v) is 4.46. The average molecular weight is 531 g/mol. The molecule has 1 aromatic carbocycles. The molecule has 0 radical (unpaired) electrons. The molecule has 0 unspecified atom stereocenters. The van der Waals surface area contributed by atoms with Crippen molar-refractivity contribution in [2.24, 2.45) is 0 Å². The summed E-state index contributed by atoms with van der Waals surface area (Å²) in [5.41, 5.74) is 2.69. The highest BCUT2D eigenvalue weighted by Crippen LogP contribution is 2.36. The van der Waals surface area contributed by atoms with Crippen LogP contribution >= 0.6 is 22.9 Å². The van der Waals surface area contributed by atoms with E-state index >= 15 is 0 Å². The Morgan fingerprint density at radius 1 is 1.25 bits per heavy atom. The van der Waals surface area contributed by atoms with E-state index < -0.39 is 6.09 Å². The molecule has 0 saturated carbocycles. The van der Waals surface area contributed by atoms with Crippen molar-refractivity contribution in [2.45, 2.75) is 20.0 Å². The number of carbonyl (C=O) groups is 1. The standard InChI is InChI=1S/C23H27ClN8O3S/c1-4-9-35-23(34)32(8-7-31(2)3)19-10-15(14(13-33)11-25-19)21-29-30-22(36-21)27-18-6-5-17-16(20(18)24)12-26-28-17/h5-6,10-12,33H,4,7-9,13H2,1-3H3,(H,26,28)(H,27,30). The first kappa shape index (κ1) is 25.8. The van der Waals surface area contributed by atoms with Crippen LogP contribution in [0.25, 0.3) is 21.5 Å². The number of anilines is 3. The molecule has 0 aliphatic carbocycles. The molecular weight excluding hydrogens is 504 g/mol. The van der Waals surface area contributed by atoms with E-state index in [1.807, 2.05) is 38.1 Å². The second-order valence-corrected chi connectivity index (χ2v) is 9.58. The van der Waals surface area contributed by atoms with E-state index in [1.54, 1.807) is 18.5 Å². The molecule has 0 spiro atoms. The smallest absolute Gasteiger partial charge is 0.415 e. The minimum atomic E-state index is -0.474. The normalized spacial score (nSPS) is 11.3. The van der Waals surface area contributed by atoms with Crippen molar-refractivity contribution in [3.63, 3.8) is 0 Å². The SMILES string of the molecule is CCCOC(=O)N(CCN(C)C)c1cc(-c2nnc(Nc3ccc4[nH]ncc4c3Cl)s2)c(CO)cn1. The molecule has 36 heavy (non-hydrogen) atoms. The van der Waals surface area contributed by atoms with Crippen molar-refractivity contribution in [1.29, 1.82) is 0 Å². The van der Waals surface area contributed by atoms with Gasteiger partial charge in [0.25, 0.3) is 0 Å². The summed E-state index contributed by atoms with van der Waals surface area (Å²) in [5.74, 6) is 0.406. The number of hydrogen-bond acceptors (Lipinski definition) is 10. The van der Waals surface area contributed by atoms with Crippen molar-refractivity contribution in [3.8, 4) is 10.6 Å². The molecule has 4 rings (SSSR count). The Balaban J connectivity index is 1.63. The number of aliphatic hydroxyl groups is 1. The number of H-pyrrole nitrogens is 1. The van der Waals surface area contributed by atoms with Crippen molar-refractivity contribution < 1.29 is 14.6 Å². The molecule has 1 amide bonds. The minimum absolute atomic E-state index is 0.244. The molecule has 0 fully saturated rings. The number of hydrogen-bond donors (Lipinski definition) is 3. The average Bonchev–Trinajstić information content (AvgIpc) is 3.54. The highest BCUT2D eigenvalue weighted by atomic mass is 35.5. The zero-order valence-electron chi connectivity index (χ0n) is 20.2. The number of halogens is 1. The molecule has 3 aromatic heterocycles. The van der Waals surface area contributed by atoms with Crippen LogP contribution in [0.2, 0.25) is 5.02 Å². The van der Waals surface area contributed by atoms with E-state index in [4.69, 9.17) is 16.3 Å². The van der Waals surface area contributed by atoms with Crippen LogP contribution in [0.15, 0.2) is 30.6 Å². The van der Waals surface area contributed by atoms with Crippen LogP contribution in [0.4, 0.5) is 21.4 Å². The Hall–Kier alpha value is -3.32. The third kappa shape index (κ3) is 5.73. The van der Waals surface area contributed by atoms with E-state index in [2.05, 4.69) is 30.7 Å². The fraction of sp³-hybridized carbons (Fsp3) is 0.348. The number of rotatable bonds is 10. The molecule has 0 aliphatic heterocycles. The minimum Gasteiger partial charge on any atom is -0.449 e. The third-order valence-electron chi connectivity index (χ3n) is 5.30. The second kappa shape index (κ2) is 11.6. The van der Waals surface area contributed by atoms with Crippen LogP contribution in [0, 0.1) is 0 Å². The highest BCUT2D eigenvalue weighted by Gasteiger charge is 2.22. The predicted octanol–water partition coefficient (Wildman–Crippen LogP) is 4.28. The van der Waals surface area contributed by atoms with Crippen molar-refractivity contribution in [2.75, 3.05) is 44.0 Å². The van der Waals surface area contributed by atoms with Gasteiger partial charge in [0.15, 0.2) is 0 Å². The first-order valence-electron chi connectivity index (χ1n) is 11.3. The van der Waals surface area contributed by atoms with E-state index in [1.165, 1.54) is 16.2 Å². The molecule has 0 bridgehead atoms. The van der Waals surface area contributed by atoms with Gasteiger partial charge < -0.3 is 20.1 Å². The number of fused-ring (bicyclic) bond motifs is 1. The number of aromatic amines is 1. The largest absolute Gasteiger partial charge is 0.449 e. The van der Waals surface area contributed by atoms with E-state index in [-0.39, 0.29) is 6.61 Å². The summed E-state index contributed by atoms with van der Waals surface area (Å²) >= 11 is 7.81. The molecule has 190 valence electrons. The second-order valence-electron chi connectivity index (χ2n) is 8.22. The topological polar surface area (TPSA) is 132 Å². The number of pyridine rings is 1. The van der Waals surface area contributed by atoms with Gasteiger partial charge in [0.1, 0.15) is 10.8 Å². The van der Waals surface area contributed by atoms with Crippen molar-refractivity contribution in [3.05, 3.63) is 41.2 Å². The number of nitrogens with zero attached hydrogens (tertiary/aromatic N) is 6.